The van der Waals surface area contributed by atoms with Crippen LogP contribution in [0.1, 0.15) is 62.8 Å². The highest BCUT2D eigenvalue weighted by Crippen LogP contribution is 2.39. The van der Waals surface area contributed by atoms with Gasteiger partial charge in [0.2, 0.25) is 5.91 Å². The van der Waals surface area contributed by atoms with E-state index in [-0.39, 0.29) is 42.2 Å². The number of nitrogens with one attached hydrogen (secondary N) is 3. The van der Waals surface area contributed by atoms with Crippen LogP contribution in [0.5, 0.6) is 0 Å². The Balaban J connectivity index is 1.31. The van der Waals surface area contributed by atoms with Crippen molar-refractivity contribution in [2.45, 2.75) is 69.8 Å². The van der Waals surface area contributed by atoms with Crippen LogP contribution in [-0.2, 0) is 19.7 Å². The van der Waals surface area contributed by atoms with Gasteiger partial charge in [0.15, 0.2) is 0 Å². The highest BCUT2D eigenvalue weighted by Gasteiger charge is 2.38. The molecule has 9 heteroatoms. The van der Waals surface area contributed by atoms with Crippen molar-refractivity contribution in [3.05, 3.63) is 71.4 Å². The molecule has 3 aliphatic heterocycles. The minimum Gasteiger partial charge on any atom is -0.382 e. The number of rotatable bonds is 10. The number of ether oxygens (including phenoxy) is 2. The summed E-state index contributed by atoms with van der Waals surface area (Å²) in [6.45, 7) is 9.76. The number of hydrogen-bond donors (Lipinski definition) is 4. The van der Waals surface area contributed by atoms with Crippen molar-refractivity contribution in [1.29, 1.82) is 0 Å². The molecule has 1 unspecified atom stereocenters. The van der Waals surface area contributed by atoms with E-state index in [0.717, 1.165) is 43.6 Å². The van der Waals surface area contributed by atoms with E-state index in [2.05, 4.69) is 90.3 Å². The molecule has 3 aliphatic rings. The van der Waals surface area contributed by atoms with Crippen molar-refractivity contribution in [3.63, 3.8) is 0 Å². The summed E-state index contributed by atoms with van der Waals surface area (Å²) >= 11 is 0. The number of amides is 1. The summed E-state index contributed by atoms with van der Waals surface area (Å²) < 4.78 is 11.6. The van der Waals surface area contributed by atoms with E-state index in [0.29, 0.717) is 13.2 Å². The minimum absolute atomic E-state index is 0.0196. The van der Waals surface area contributed by atoms with E-state index in [1.54, 1.807) is 7.11 Å². The number of carbonyl (C=O) groups excluding carboxylic acids is 1. The van der Waals surface area contributed by atoms with Gasteiger partial charge in [-0.15, -0.1) is 0 Å². The monoisotopic (exact) mass is 562 g/mol. The molecule has 2 saturated heterocycles. The van der Waals surface area contributed by atoms with Crippen molar-refractivity contribution in [3.8, 4) is 0 Å². The second kappa shape index (κ2) is 12.8. The van der Waals surface area contributed by atoms with Gasteiger partial charge >= 0.3 is 0 Å². The third-order valence-electron chi connectivity index (χ3n) is 8.57. The first-order valence-corrected chi connectivity index (χ1v) is 14.8. The fraction of sp³-hybridized carbons (Fsp3) is 0.531. The van der Waals surface area contributed by atoms with Gasteiger partial charge in [-0.25, -0.2) is 0 Å². The van der Waals surface area contributed by atoms with Crippen molar-refractivity contribution in [2.24, 2.45) is 5.84 Å². The molecule has 5 rings (SSSR count). The van der Waals surface area contributed by atoms with Crippen LogP contribution in [0.15, 0.2) is 54.7 Å². The van der Waals surface area contributed by atoms with E-state index < -0.39 is 0 Å². The summed E-state index contributed by atoms with van der Waals surface area (Å²) in [7, 11) is 1.71. The number of benzene rings is 2. The SMILES string of the molecule is COCCO[C@@H]1CCN(c2ccc(C(C)(C)C)cc2)[C@@H]1c1ccc(C2=CNC([C@@H]3CCCN3C(=O)CNN)N2)cc1. The Labute approximate surface area is 244 Å². The molecule has 3 heterocycles. The summed E-state index contributed by atoms with van der Waals surface area (Å²) in [6.07, 6.45) is 5.01. The van der Waals surface area contributed by atoms with Crippen molar-refractivity contribution < 1.29 is 14.3 Å². The Morgan fingerprint density at radius 2 is 1.80 bits per heavy atom. The average molecular weight is 563 g/mol. The Bertz CT molecular complexity index is 1190. The van der Waals surface area contributed by atoms with Crippen molar-refractivity contribution >= 4 is 17.3 Å². The summed E-state index contributed by atoms with van der Waals surface area (Å²) in [5.74, 6) is 5.43. The van der Waals surface area contributed by atoms with Gasteiger partial charge in [0.05, 0.1) is 43.6 Å². The maximum absolute atomic E-state index is 12.5. The molecule has 0 radical (unpaired) electrons. The molecule has 0 aromatic heterocycles. The second-order valence-electron chi connectivity index (χ2n) is 12.3. The third-order valence-corrected chi connectivity index (χ3v) is 8.57. The summed E-state index contributed by atoms with van der Waals surface area (Å²) in [5.41, 5.74) is 8.55. The molecule has 2 aromatic carbocycles. The molecule has 1 amide bonds. The second-order valence-corrected chi connectivity index (χ2v) is 12.3. The lowest BCUT2D eigenvalue weighted by Crippen LogP contribution is -2.53. The Morgan fingerprint density at radius 1 is 1.05 bits per heavy atom. The molecular weight excluding hydrogens is 516 g/mol. The lowest BCUT2D eigenvalue weighted by atomic mass is 9.87. The van der Waals surface area contributed by atoms with Crippen LogP contribution < -0.4 is 26.8 Å². The van der Waals surface area contributed by atoms with Crippen LogP contribution in [0.2, 0.25) is 0 Å². The first-order valence-electron chi connectivity index (χ1n) is 14.8. The lowest BCUT2D eigenvalue weighted by Gasteiger charge is -2.31. The Kier molecular flexibility index (Phi) is 9.19. The molecular formula is C32H46N6O3. The van der Waals surface area contributed by atoms with E-state index in [9.17, 15) is 4.79 Å². The van der Waals surface area contributed by atoms with Crippen LogP contribution in [-0.4, -0.2) is 69.1 Å². The molecule has 0 aliphatic carbocycles. The van der Waals surface area contributed by atoms with E-state index in [1.807, 2.05) is 11.1 Å². The maximum Gasteiger partial charge on any atom is 0.238 e. The zero-order valence-electron chi connectivity index (χ0n) is 24.9. The van der Waals surface area contributed by atoms with Gasteiger partial charge in [0.25, 0.3) is 0 Å². The molecule has 5 N–H and O–H groups in total. The fourth-order valence-corrected chi connectivity index (χ4v) is 6.35. The van der Waals surface area contributed by atoms with Gasteiger partial charge in [0, 0.05) is 32.1 Å². The van der Waals surface area contributed by atoms with Crippen LogP contribution in [0.3, 0.4) is 0 Å². The average Bonchev–Trinajstić information content (AvgIpc) is 3.73. The minimum atomic E-state index is -0.0196. The quantitative estimate of drug-likeness (QED) is 0.199. The molecule has 41 heavy (non-hydrogen) atoms. The fourth-order valence-electron chi connectivity index (χ4n) is 6.35. The van der Waals surface area contributed by atoms with Gasteiger partial charge < -0.3 is 29.9 Å². The first-order chi connectivity index (χ1) is 19.8. The van der Waals surface area contributed by atoms with Gasteiger partial charge in [-0.2, -0.15) is 0 Å². The zero-order valence-corrected chi connectivity index (χ0v) is 24.9. The number of nitrogens with two attached hydrogens (primary N) is 1. The molecule has 222 valence electrons. The van der Waals surface area contributed by atoms with Gasteiger partial charge in [-0.05, 0) is 53.5 Å². The predicted molar refractivity (Wildman–Crippen MR) is 163 cm³/mol. The number of carbonyl (C=O) groups is 1. The summed E-state index contributed by atoms with van der Waals surface area (Å²) in [5, 5.41) is 7.08. The van der Waals surface area contributed by atoms with Crippen LogP contribution in [0.25, 0.3) is 5.70 Å². The maximum atomic E-state index is 12.5. The zero-order chi connectivity index (χ0) is 29.0. The number of anilines is 1. The highest BCUT2D eigenvalue weighted by atomic mass is 16.5. The van der Waals surface area contributed by atoms with Gasteiger partial charge in [-0.3, -0.25) is 16.1 Å². The molecule has 0 saturated carbocycles. The lowest BCUT2D eigenvalue weighted by molar-refractivity contribution is -0.131. The predicted octanol–water partition coefficient (Wildman–Crippen LogP) is 3.24. The van der Waals surface area contributed by atoms with E-state index >= 15 is 0 Å². The summed E-state index contributed by atoms with van der Waals surface area (Å²) in [6, 6.07) is 18.0. The van der Waals surface area contributed by atoms with Gasteiger partial charge in [-0.1, -0.05) is 57.2 Å². The van der Waals surface area contributed by atoms with Crippen LogP contribution >= 0.6 is 0 Å². The van der Waals surface area contributed by atoms with Crippen LogP contribution in [0, 0.1) is 0 Å². The standard InChI is InChI=1S/C32H46N6O3/c1-32(2,3)24-11-13-25(14-12-24)37-17-15-28(41-19-18-40-4)30(37)23-9-7-22(8-10-23)26-20-34-31(36-26)27-6-5-16-38(27)29(39)21-35-33/h7-14,20,27-28,30-31,34-36H,5-6,15-19,21,33H2,1-4H3/t27-,28+,30+,31?/m0/s1. The molecule has 0 spiro atoms. The van der Waals surface area contributed by atoms with E-state index in [1.165, 1.54) is 16.8 Å². The van der Waals surface area contributed by atoms with Gasteiger partial charge in [0.1, 0.15) is 6.17 Å². The topological polar surface area (TPSA) is 104 Å². The van der Waals surface area contributed by atoms with Crippen molar-refractivity contribution in [2.75, 3.05) is 44.9 Å². The number of likely N-dealkylation sites (tertiary alicyclic amines) is 1. The number of hydrazine groups is 1. The molecule has 9 nitrogen and oxygen atoms in total. The third kappa shape index (κ3) is 6.54. The summed E-state index contributed by atoms with van der Waals surface area (Å²) in [4.78, 5) is 16.9. The molecule has 2 aromatic rings. The number of nitrogens with zero attached hydrogens (tertiary/aromatic N) is 2. The number of methoxy groups -OCH3 is 1. The molecule has 4 atom stereocenters. The smallest absolute Gasteiger partial charge is 0.238 e. The largest absolute Gasteiger partial charge is 0.382 e. The van der Waals surface area contributed by atoms with Crippen molar-refractivity contribution in [1.82, 2.24) is 21.0 Å². The Morgan fingerprint density at radius 3 is 2.49 bits per heavy atom. The van der Waals surface area contributed by atoms with Crippen LogP contribution in [0.4, 0.5) is 5.69 Å². The number of hydrogen-bond acceptors (Lipinski definition) is 8. The molecule has 2 fully saturated rings. The first kappa shape index (κ1) is 29.4. The highest BCUT2D eigenvalue weighted by molar-refractivity contribution is 5.79. The normalized spacial score (nSPS) is 24.4. The van der Waals surface area contributed by atoms with E-state index in [4.69, 9.17) is 15.3 Å². The molecule has 0 bridgehead atoms. The Hall–Kier alpha value is -3.11.